The third-order valence-corrected chi connectivity index (χ3v) is 3.27. The SMILES string of the molecule is O=C(CCc1ccc(Cl)cc1)Nc1ccc(Br)cn1. The maximum atomic E-state index is 11.7. The number of rotatable bonds is 4. The van der Waals surface area contributed by atoms with E-state index in [0.717, 1.165) is 10.0 Å². The van der Waals surface area contributed by atoms with Crippen LogP contribution in [0.4, 0.5) is 5.82 Å². The minimum atomic E-state index is -0.0511. The molecule has 0 fully saturated rings. The van der Waals surface area contributed by atoms with Crippen molar-refractivity contribution >= 4 is 39.3 Å². The highest BCUT2D eigenvalue weighted by molar-refractivity contribution is 9.10. The van der Waals surface area contributed by atoms with Gasteiger partial charge in [0.25, 0.3) is 0 Å². The molecule has 0 spiro atoms. The van der Waals surface area contributed by atoms with Crippen LogP contribution in [0.15, 0.2) is 47.1 Å². The number of amides is 1. The van der Waals surface area contributed by atoms with Crippen LogP contribution >= 0.6 is 27.5 Å². The van der Waals surface area contributed by atoms with E-state index in [-0.39, 0.29) is 5.91 Å². The molecular weight excluding hydrogens is 328 g/mol. The number of hydrogen-bond donors (Lipinski definition) is 1. The first-order chi connectivity index (χ1) is 9.13. The molecule has 1 aromatic heterocycles. The molecule has 0 saturated heterocycles. The van der Waals surface area contributed by atoms with E-state index in [4.69, 9.17) is 11.6 Å². The summed E-state index contributed by atoms with van der Waals surface area (Å²) in [6, 6.07) is 11.1. The van der Waals surface area contributed by atoms with Crippen LogP contribution in [0, 0.1) is 0 Å². The summed E-state index contributed by atoms with van der Waals surface area (Å²) in [4.78, 5) is 15.8. The minimum absolute atomic E-state index is 0.0511. The summed E-state index contributed by atoms with van der Waals surface area (Å²) in [5.74, 6) is 0.508. The molecule has 1 aromatic carbocycles. The molecule has 1 N–H and O–H groups in total. The van der Waals surface area contributed by atoms with Gasteiger partial charge in [0.1, 0.15) is 5.82 Å². The monoisotopic (exact) mass is 338 g/mol. The van der Waals surface area contributed by atoms with Crippen molar-refractivity contribution in [1.29, 1.82) is 0 Å². The Morgan fingerprint density at radius 1 is 1.21 bits per heavy atom. The van der Waals surface area contributed by atoms with Crippen molar-refractivity contribution in [3.05, 3.63) is 57.7 Å². The molecule has 98 valence electrons. The Bertz CT molecular complexity index is 555. The first-order valence-corrected chi connectivity index (χ1v) is 6.96. The number of benzene rings is 1. The van der Waals surface area contributed by atoms with Crippen LogP contribution in [0.1, 0.15) is 12.0 Å². The van der Waals surface area contributed by atoms with Gasteiger partial charge in [-0.3, -0.25) is 4.79 Å². The second-order valence-electron chi connectivity index (χ2n) is 4.04. The molecule has 2 rings (SSSR count). The fraction of sp³-hybridized carbons (Fsp3) is 0.143. The van der Waals surface area contributed by atoms with E-state index >= 15 is 0 Å². The number of anilines is 1. The van der Waals surface area contributed by atoms with E-state index in [0.29, 0.717) is 23.7 Å². The number of carbonyl (C=O) groups excluding carboxylic acids is 1. The van der Waals surface area contributed by atoms with Gasteiger partial charge >= 0.3 is 0 Å². The Hall–Kier alpha value is -1.39. The molecule has 0 bridgehead atoms. The Morgan fingerprint density at radius 2 is 1.95 bits per heavy atom. The van der Waals surface area contributed by atoms with Gasteiger partial charge in [0.15, 0.2) is 0 Å². The minimum Gasteiger partial charge on any atom is -0.311 e. The molecule has 1 amide bonds. The number of carbonyl (C=O) groups is 1. The topological polar surface area (TPSA) is 42.0 Å². The van der Waals surface area contributed by atoms with Crippen LogP contribution in [0.2, 0.25) is 5.02 Å². The summed E-state index contributed by atoms with van der Waals surface area (Å²) in [5.41, 5.74) is 1.09. The van der Waals surface area contributed by atoms with Crippen molar-refractivity contribution in [2.45, 2.75) is 12.8 Å². The van der Waals surface area contributed by atoms with Crippen LogP contribution in [0.3, 0.4) is 0 Å². The van der Waals surface area contributed by atoms with Gasteiger partial charge in [0, 0.05) is 22.1 Å². The molecule has 1 heterocycles. The van der Waals surface area contributed by atoms with Gasteiger partial charge in [0.05, 0.1) is 0 Å². The molecule has 0 saturated carbocycles. The Balaban J connectivity index is 1.84. The van der Waals surface area contributed by atoms with Crippen LogP contribution in [-0.4, -0.2) is 10.9 Å². The van der Waals surface area contributed by atoms with Crippen LogP contribution in [0.25, 0.3) is 0 Å². The van der Waals surface area contributed by atoms with Crippen LogP contribution in [-0.2, 0) is 11.2 Å². The molecule has 0 unspecified atom stereocenters. The van der Waals surface area contributed by atoms with Crippen molar-refractivity contribution in [3.8, 4) is 0 Å². The fourth-order valence-corrected chi connectivity index (χ4v) is 1.92. The van der Waals surface area contributed by atoms with Gasteiger partial charge in [-0.05, 0) is 52.2 Å². The van der Waals surface area contributed by atoms with Gasteiger partial charge < -0.3 is 5.32 Å². The number of aromatic nitrogens is 1. The number of nitrogens with one attached hydrogen (secondary N) is 1. The third kappa shape index (κ3) is 4.65. The maximum Gasteiger partial charge on any atom is 0.225 e. The zero-order valence-corrected chi connectivity index (χ0v) is 12.4. The molecule has 19 heavy (non-hydrogen) atoms. The summed E-state index contributed by atoms with van der Waals surface area (Å²) in [6.45, 7) is 0. The van der Waals surface area contributed by atoms with Gasteiger partial charge in [-0.25, -0.2) is 4.98 Å². The summed E-state index contributed by atoms with van der Waals surface area (Å²) < 4.78 is 0.881. The summed E-state index contributed by atoms with van der Waals surface area (Å²) in [5, 5.41) is 3.45. The lowest BCUT2D eigenvalue weighted by atomic mass is 10.1. The lowest BCUT2D eigenvalue weighted by Gasteiger charge is -2.04. The van der Waals surface area contributed by atoms with E-state index in [1.807, 2.05) is 30.3 Å². The van der Waals surface area contributed by atoms with Gasteiger partial charge in [-0.2, -0.15) is 0 Å². The second kappa shape index (κ2) is 6.68. The molecule has 2 aromatic rings. The van der Waals surface area contributed by atoms with Gasteiger partial charge in [-0.1, -0.05) is 23.7 Å². The van der Waals surface area contributed by atoms with E-state index in [9.17, 15) is 4.79 Å². The zero-order chi connectivity index (χ0) is 13.7. The highest BCUT2D eigenvalue weighted by Crippen LogP contribution is 2.13. The standard InChI is InChI=1S/C14H12BrClN2O/c15-11-4-7-13(17-9-11)18-14(19)8-3-10-1-5-12(16)6-2-10/h1-2,4-7,9H,3,8H2,(H,17,18,19). The van der Waals surface area contributed by atoms with Crippen molar-refractivity contribution in [1.82, 2.24) is 4.98 Å². The molecule has 3 nitrogen and oxygen atoms in total. The van der Waals surface area contributed by atoms with Crippen molar-refractivity contribution < 1.29 is 4.79 Å². The molecular formula is C14H12BrClN2O. The summed E-state index contributed by atoms with van der Waals surface area (Å²) >= 11 is 9.10. The molecule has 0 aliphatic heterocycles. The molecule has 0 aliphatic rings. The number of pyridine rings is 1. The second-order valence-corrected chi connectivity index (χ2v) is 5.39. The Labute approximate surface area is 125 Å². The van der Waals surface area contributed by atoms with Gasteiger partial charge in [-0.15, -0.1) is 0 Å². The van der Waals surface area contributed by atoms with Crippen LogP contribution < -0.4 is 5.32 Å². The van der Waals surface area contributed by atoms with Crippen molar-refractivity contribution in [3.63, 3.8) is 0 Å². The quantitative estimate of drug-likeness (QED) is 0.912. The fourth-order valence-electron chi connectivity index (χ4n) is 1.56. The Morgan fingerprint density at radius 3 is 2.58 bits per heavy atom. The Kier molecular flexibility index (Phi) is 4.93. The van der Waals surface area contributed by atoms with Crippen molar-refractivity contribution in [2.24, 2.45) is 0 Å². The molecule has 0 atom stereocenters. The summed E-state index contributed by atoms with van der Waals surface area (Å²) in [7, 11) is 0. The average Bonchev–Trinajstić information content (AvgIpc) is 2.41. The molecule has 0 radical (unpaired) electrons. The van der Waals surface area contributed by atoms with E-state index < -0.39 is 0 Å². The van der Waals surface area contributed by atoms with E-state index in [1.165, 1.54) is 0 Å². The third-order valence-electron chi connectivity index (χ3n) is 2.55. The van der Waals surface area contributed by atoms with E-state index in [2.05, 4.69) is 26.2 Å². The van der Waals surface area contributed by atoms with Crippen LogP contribution in [0.5, 0.6) is 0 Å². The smallest absolute Gasteiger partial charge is 0.225 e. The number of halogens is 2. The zero-order valence-electron chi connectivity index (χ0n) is 10.1. The lowest BCUT2D eigenvalue weighted by molar-refractivity contribution is -0.116. The average molecular weight is 340 g/mol. The first-order valence-electron chi connectivity index (χ1n) is 5.79. The molecule has 5 heteroatoms. The predicted octanol–water partition coefficient (Wildman–Crippen LogP) is 4.07. The van der Waals surface area contributed by atoms with E-state index in [1.54, 1.807) is 12.3 Å². The summed E-state index contributed by atoms with van der Waals surface area (Å²) in [6.07, 6.45) is 2.74. The maximum absolute atomic E-state index is 11.7. The number of aryl methyl sites for hydroxylation is 1. The normalized spacial score (nSPS) is 10.2. The highest BCUT2D eigenvalue weighted by atomic mass is 79.9. The largest absolute Gasteiger partial charge is 0.311 e. The van der Waals surface area contributed by atoms with Crippen molar-refractivity contribution in [2.75, 3.05) is 5.32 Å². The molecule has 0 aliphatic carbocycles. The predicted molar refractivity (Wildman–Crippen MR) is 80.3 cm³/mol. The highest BCUT2D eigenvalue weighted by Gasteiger charge is 2.04. The number of nitrogens with zero attached hydrogens (tertiary/aromatic N) is 1. The number of hydrogen-bond acceptors (Lipinski definition) is 2. The lowest BCUT2D eigenvalue weighted by Crippen LogP contribution is -2.13. The van der Waals surface area contributed by atoms with Gasteiger partial charge in [0.2, 0.25) is 5.91 Å². The first kappa shape index (κ1) is 14.0.